The maximum Gasteiger partial charge on any atom is 0.414 e. The average Bonchev–Trinajstić information content (AvgIpc) is 2.72. The van der Waals surface area contributed by atoms with Crippen LogP contribution >= 0.6 is 15.9 Å². The number of aliphatic imine (C=N–C) groups is 1. The predicted octanol–water partition coefficient (Wildman–Crippen LogP) is 3.61. The van der Waals surface area contributed by atoms with Crippen LogP contribution in [0.25, 0.3) is 0 Å². The van der Waals surface area contributed by atoms with Crippen LogP contribution in [0.1, 0.15) is 43.7 Å². The van der Waals surface area contributed by atoms with Crippen molar-refractivity contribution in [2.45, 2.75) is 38.8 Å². The van der Waals surface area contributed by atoms with E-state index in [1.165, 1.54) is 32.3 Å². The van der Waals surface area contributed by atoms with Crippen LogP contribution in [-0.4, -0.2) is 54.1 Å². The number of aromatic nitrogens is 1. The van der Waals surface area contributed by atoms with Crippen LogP contribution in [0.15, 0.2) is 46.0 Å². The van der Waals surface area contributed by atoms with Crippen LogP contribution in [0.4, 0.5) is 14.9 Å². The van der Waals surface area contributed by atoms with Crippen molar-refractivity contribution in [2.24, 2.45) is 4.99 Å². The van der Waals surface area contributed by atoms with Gasteiger partial charge in [-0.25, -0.2) is 26.9 Å². The first kappa shape index (κ1) is 26.5. The first-order chi connectivity index (χ1) is 16.1. The minimum Gasteiger partial charge on any atom is -0.444 e. The number of pyridine rings is 1. The molecule has 0 radical (unpaired) electrons. The number of carbonyl (C=O) groups excluding carboxylic acids is 2. The van der Waals surface area contributed by atoms with Crippen molar-refractivity contribution < 1.29 is 27.1 Å². The van der Waals surface area contributed by atoms with E-state index in [4.69, 9.17) is 4.74 Å². The monoisotopic (exact) mass is 569 g/mol. The molecular formula is C22H25BrFN5O5S. The number of amides is 2. The van der Waals surface area contributed by atoms with Gasteiger partial charge in [-0.05, 0) is 67.9 Å². The second kappa shape index (κ2) is 9.53. The number of carbonyl (C=O) groups is 2. The summed E-state index contributed by atoms with van der Waals surface area (Å²) in [7, 11) is -2.78. The van der Waals surface area contributed by atoms with E-state index in [1.54, 1.807) is 32.9 Å². The second-order valence-corrected chi connectivity index (χ2v) is 11.9. The van der Waals surface area contributed by atoms with E-state index in [1.807, 2.05) is 0 Å². The molecule has 0 bridgehead atoms. The number of alkyl carbamates (subject to hydrolysis) is 1. The van der Waals surface area contributed by atoms with Gasteiger partial charge >= 0.3 is 6.09 Å². The van der Waals surface area contributed by atoms with Gasteiger partial charge in [-0.15, -0.1) is 0 Å². The standard InChI is InChI=1S/C22H25BrFN5O5S/c1-21(2,3)34-20(31)27-19-28-22(4,12-35(32,33)29(19)5)13-10-17(14(23)11-15(13)24)26-18(30)16-8-6-7-9-25-16/h6-11H,12H2,1-5H3,(H,26,30)(H,27,28,31)/t22-/m0/s1. The van der Waals surface area contributed by atoms with E-state index in [0.717, 1.165) is 10.4 Å². The Bertz CT molecular complexity index is 1300. The molecule has 0 aliphatic carbocycles. The third-order valence-corrected chi connectivity index (χ3v) is 7.52. The van der Waals surface area contributed by atoms with Crippen LogP contribution in [0.2, 0.25) is 0 Å². The Kier molecular flexibility index (Phi) is 7.23. The summed E-state index contributed by atoms with van der Waals surface area (Å²) < 4.78 is 47.2. The van der Waals surface area contributed by atoms with E-state index in [2.05, 4.69) is 36.5 Å². The van der Waals surface area contributed by atoms with Gasteiger partial charge in [0, 0.05) is 23.3 Å². The van der Waals surface area contributed by atoms with Crippen LogP contribution in [0.5, 0.6) is 0 Å². The highest BCUT2D eigenvalue weighted by atomic mass is 79.9. The maximum atomic E-state index is 15.1. The van der Waals surface area contributed by atoms with E-state index < -0.39 is 44.7 Å². The lowest BCUT2D eigenvalue weighted by Crippen LogP contribution is -2.54. The van der Waals surface area contributed by atoms with Gasteiger partial charge in [-0.2, -0.15) is 0 Å². The van der Waals surface area contributed by atoms with Crippen molar-refractivity contribution in [3.8, 4) is 0 Å². The van der Waals surface area contributed by atoms with Gasteiger partial charge in [0.15, 0.2) is 0 Å². The maximum absolute atomic E-state index is 15.1. The number of ether oxygens (including phenoxy) is 1. The Morgan fingerprint density at radius 2 is 1.91 bits per heavy atom. The molecule has 2 heterocycles. The quantitative estimate of drug-likeness (QED) is 0.580. The molecule has 10 nitrogen and oxygen atoms in total. The van der Waals surface area contributed by atoms with Crippen LogP contribution in [0, 0.1) is 5.82 Å². The largest absolute Gasteiger partial charge is 0.444 e. The van der Waals surface area contributed by atoms with Crippen molar-refractivity contribution in [3.63, 3.8) is 0 Å². The fraction of sp³-hybridized carbons (Fsp3) is 0.364. The summed E-state index contributed by atoms with van der Waals surface area (Å²) in [5.41, 5.74) is -2.24. The Balaban J connectivity index is 2.02. The molecule has 1 atom stereocenters. The van der Waals surface area contributed by atoms with E-state index in [-0.39, 0.29) is 27.4 Å². The van der Waals surface area contributed by atoms with Gasteiger partial charge < -0.3 is 10.1 Å². The zero-order valence-electron chi connectivity index (χ0n) is 19.7. The molecule has 1 aromatic heterocycles. The number of nitrogens with zero attached hydrogens (tertiary/aromatic N) is 3. The molecule has 1 aliphatic heterocycles. The number of hydrogen-bond donors (Lipinski definition) is 2. The summed E-state index contributed by atoms with van der Waals surface area (Å²) in [5.74, 6) is -2.20. The van der Waals surface area contributed by atoms with Gasteiger partial charge in [0.1, 0.15) is 22.7 Å². The number of sulfonamides is 1. The van der Waals surface area contributed by atoms with Crippen LogP contribution in [0.3, 0.4) is 0 Å². The second-order valence-electron chi connectivity index (χ2n) is 9.04. The molecule has 35 heavy (non-hydrogen) atoms. The van der Waals surface area contributed by atoms with E-state index in [9.17, 15) is 18.0 Å². The third kappa shape index (κ3) is 6.14. The van der Waals surface area contributed by atoms with Gasteiger partial charge in [-0.1, -0.05) is 6.07 Å². The summed E-state index contributed by atoms with van der Waals surface area (Å²) >= 11 is 3.22. The lowest BCUT2D eigenvalue weighted by Gasteiger charge is -2.36. The third-order valence-electron chi connectivity index (χ3n) is 4.93. The van der Waals surface area contributed by atoms with Crippen molar-refractivity contribution in [1.29, 1.82) is 0 Å². The summed E-state index contributed by atoms with van der Waals surface area (Å²) in [5, 5.41) is 4.97. The minimum absolute atomic E-state index is 0.0998. The minimum atomic E-state index is -4.00. The molecule has 2 aromatic rings. The molecule has 2 amide bonds. The summed E-state index contributed by atoms with van der Waals surface area (Å²) in [6, 6.07) is 7.22. The Hall–Kier alpha value is -3.06. The summed E-state index contributed by atoms with van der Waals surface area (Å²) in [6.07, 6.45) is 0.542. The summed E-state index contributed by atoms with van der Waals surface area (Å²) in [4.78, 5) is 33.2. The molecule has 2 N–H and O–H groups in total. The molecule has 1 aliphatic rings. The number of guanidine groups is 1. The molecule has 1 aromatic carbocycles. The zero-order valence-corrected chi connectivity index (χ0v) is 22.1. The number of benzene rings is 1. The molecule has 188 valence electrons. The lowest BCUT2D eigenvalue weighted by atomic mass is 9.93. The van der Waals surface area contributed by atoms with Gasteiger partial charge in [0.25, 0.3) is 5.91 Å². The van der Waals surface area contributed by atoms with Crippen LogP contribution < -0.4 is 10.6 Å². The fourth-order valence-corrected chi connectivity index (χ4v) is 5.19. The highest BCUT2D eigenvalue weighted by Gasteiger charge is 2.43. The Labute approximate surface area is 211 Å². The summed E-state index contributed by atoms with van der Waals surface area (Å²) in [6.45, 7) is 6.37. The normalized spacial score (nSPS) is 19.5. The molecule has 0 unspecified atom stereocenters. The highest BCUT2D eigenvalue weighted by Crippen LogP contribution is 2.37. The van der Waals surface area contributed by atoms with Crippen molar-refractivity contribution in [3.05, 3.63) is 58.1 Å². The molecule has 13 heteroatoms. The SMILES string of the molecule is CN1C(NC(=O)OC(C)(C)C)=N[C@](C)(c2cc(NC(=O)c3ccccn3)c(Br)cc2F)CS1(=O)=O. The molecule has 0 saturated carbocycles. The Morgan fingerprint density at radius 3 is 2.51 bits per heavy atom. The lowest BCUT2D eigenvalue weighted by molar-refractivity contribution is 0.0559. The van der Waals surface area contributed by atoms with Crippen LogP contribution in [-0.2, 0) is 20.3 Å². The molecule has 0 fully saturated rings. The number of nitrogens with one attached hydrogen (secondary N) is 2. The van der Waals surface area contributed by atoms with Crippen molar-refractivity contribution >= 4 is 49.6 Å². The number of hydrogen-bond acceptors (Lipinski definition) is 7. The van der Waals surface area contributed by atoms with Crippen molar-refractivity contribution in [1.82, 2.24) is 14.6 Å². The topological polar surface area (TPSA) is 130 Å². The molecule has 0 saturated heterocycles. The van der Waals surface area contributed by atoms with E-state index in [0.29, 0.717) is 0 Å². The van der Waals surface area contributed by atoms with Gasteiger partial charge in [0.2, 0.25) is 16.0 Å². The number of halogens is 2. The average molecular weight is 570 g/mol. The molecule has 3 rings (SSSR count). The number of rotatable bonds is 3. The zero-order chi connectivity index (χ0) is 26.2. The predicted molar refractivity (Wildman–Crippen MR) is 132 cm³/mol. The Morgan fingerprint density at radius 1 is 1.23 bits per heavy atom. The van der Waals surface area contributed by atoms with Gasteiger partial charge in [0.05, 0.1) is 11.4 Å². The van der Waals surface area contributed by atoms with E-state index >= 15 is 4.39 Å². The van der Waals surface area contributed by atoms with Gasteiger partial charge in [-0.3, -0.25) is 15.1 Å². The number of anilines is 1. The highest BCUT2D eigenvalue weighted by molar-refractivity contribution is 9.10. The van der Waals surface area contributed by atoms with Crippen molar-refractivity contribution in [2.75, 3.05) is 18.1 Å². The smallest absolute Gasteiger partial charge is 0.414 e. The fourth-order valence-electron chi connectivity index (χ4n) is 3.30. The molecular weight excluding hydrogens is 545 g/mol. The molecule has 0 spiro atoms. The first-order valence-electron chi connectivity index (χ1n) is 10.4. The first-order valence-corrected chi connectivity index (χ1v) is 12.8.